The molecule has 2 aromatic carbocycles. The average molecular weight is 386 g/mol. The van der Waals surface area contributed by atoms with Gasteiger partial charge in [-0.15, -0.1) is 10.2 Å². The Morgan fingerprint density at radius 2 is 1.11 bits per heavy atom. The summed E-state index contributed by atoms with van der Waals surface area (Å²) in [5.74, 6) is 0. The molecule has 0 saturated carbocycles. The largest absolute Gasteiger partial charge is 0.296 e. The molecular weight excluding hydrogens is 368 g/mol. The van der Waals surface area contributed by atoms with Crippen LogP contribution < -0.4 is 0 Å². The Hall–Kier alpha value is -3.96. The standard InChI is InChI=1S/C16H18N8O4/c1-21(19-17-13-7-3-5-9-15(13)23(25)26)11-12-22(2)20-18-14-8-4-6-10-16(14)24(27)28/h3-10H,11-12H2,1-2H3. The normalized spacial score (nSPS) is 11.1. The van der Waals surface area contributed by atoms with Crippen molar-refractivity contribution < 1.29 is 9.85 Å². The zero-order valence-electron chi connectivity index (χ0n) is 15.2. The van der Waals surface area contributed by atoms with E-state index in [4.69, 9.17) is 0 Å². The molecule has 0 unspecified atom stereocenters. The molecule has 0 bridgehead atoms. The Bertz CT molecular complexity index is 828. The van der Waals surface area contributed by atoms with Gasteiger partial charge < -0.3 is 0 Å². The van der Waals surface area contributed by atoms with Crippen LogP contribution in [0, 0.1) is 20.2 Å². The van der Waals surface area contributed by atoms with Gasteiger partial charge >= 0.3 is 0 Å². The van der Waals surface area contributed by atoms with Crippen LogP contribution in [0.25, 0.3) is 0 Å². The van der Waals surface area contributed by atoms with Crippen molar-refractivity contribution >= 4 is 22.7 Å². The zero-order valence-corrected chi connectivity index (χ0v) is 15.2. The molecule has 12 heteroatoms. The lowest BCUT2D eigenvalue weighted by molar-refractivity contribution is -0.384. The van der Waals surface area contributed by atoms with E-state index in [1.165, 1.54) is 34.3 Å². The van der Waals surface area contributed by atoms with Crippen LogP contribution in [0.3, 0.4) is 0 Å². The Kier molecular flexibility index (Phi) is 7.02. The second-order valence-electron chi connectivity index (χ2n) is 5.63. The maximum atomic E-state index is 11.0. The Labute approximate surface area is 160 Å². The molecule has 0 aliphatic heterocycles. The van der Waals surface area contributed by atoms with Crippen molar-refractivity contribution in [2.75, 3.05) is 27.2 Å². The number of nitro benzene ring substituents is 2. The number of hydrogen-bond acceptors (Lipinski definition) is 8. The van der Waals surface area contributed by atoms with Crippen molar-refractivity contribution in [3.8, 4) is 0 Å². The van der Waals surface area contributed by atoms with Gasteiger partial charge in [-0.3, -0.25) is 30.2 Å². The first-order chi connectivity index (χ1) is 13.4. The van der Waals surface area contributed by atoms with Crippen LogP contribution in [-0.4, -0.2) is 47.0 Å². The summed E-state index contributed by atoms with van der Waals surface area (Å²) in [6.07, 6.45) is 0. The third-order valence-corrected chi connectivity index (χ3v) is 3.51. The molecule has 0 spiro atoms. The van der Waals surface area contributed by atoms with Gasteiger partial charge in [-0.1, -0.05) is 34.7 Å². The van der Waals surface area contributed by atoms with Gasteiger partial charge in [0.05, 0.1) is 22.9 Å². The lowest BCUT2D eigenvalue weighted by atomic mass is 10.3. The van der Waals surface area contributed by atoms with E-state index < -0.39 is 9.85 Å². The van der Waals surface area contributed by atoms with E-state index in [1.54, 1.807) is 38.4 Å². The minimum Gasteiger partial charge on any atom is -0.280 e. The fourth-order valence-corrected chi connectivity index (χ4v) is 2.03. The molecule has 0 N–H and O–H groups in total. The highest BCUT2D eigenvalue weighted by Gasteiger charge is 2.13. The molecule has 2 aromatic rings. The predicted molar refractivity (Wildman–Crippen MR) is 100 cm³/mol. The molecule has 0 aliphatic rings. The second-order valence-corrected chi connectivity index (χ2v) is 5.63. The molecule has 0 aromatic heterocycles. The predicted octanol–water partition coefficient (Wildman–Crippen LogP) is 4.06. The lowest BCUT2D eigenvalue weighted by Gasteiger charge is -2.15. The maximum Gasteiger partial charge on any atom is 0.296 e. The quantitative estimate of drug-likeness (QED) is 0.361. The molecule has 12 nitrogen and oxygen atoms in total. The summed E-state index contributed by atoms with van der Waals surface area (Å²) >= 11 is 0. The van der Waals surface area contributed by atoms with E-state index in [1.807, 2.05) is 0 Å². The smallest absolute Gasteiger partial charge is 0.280 e. The van der Waals surface area contributed by atoms with Crippen molar-refractivity contribution in [2.45, 2.75) is 0 Å². The molecule has 0 radical (unpaired) electrons. The van der Waals surface area contributed by atoms with Crippen LogP contribution >= 0.6 is 0 Å². The molecule has 0 heterocycles. The Balaban J connectivity index is 1.92. The number of rotatable bonds is 9. The minimum absolute atomic E-state index is 0.130. The monoisotopic (exact) mass is 386 g/mol. The Morgan fingerprint density at radius 1 is 0.750 bits per heavy atom. The average Bonchev–Trinajstić information content (AvgIpc) is 2.69. The summed E-state index contributed by atoms with van der Waals surface area (Å²) < 4.78 is 0. The van der Waals surface area contributed by atoms with E-state index >= 15 is 0 Å². The van der Waals surface area contributed by atoms with Crippen molar-refractivity contribution in [3.63, 3.8) is 0 Å². The van der Waals surface area contributed by atoms with Gasteiger partial charge in [-0.2, -0.15) is 0 Å². The van der Waals surface area contributed by atoms with Gasteiger partial charge in [0.15, 0.2) is 11.4 Å². The van der Waals surface area contributed by atoms with Crippen molar-refractivity contribution in [1.29, 1.82) is 0 Å². The number of nitro groups is 2. The molecule has 0 atom stereocenters. The summed E-state index contributed by atoms with van der Waals surface area (Å²) in [5.41, 5.74) is 0.0533. The SMILES string of the molecule is CN(CCN(C)N=Nc1ccccc1[N+](=O)[O-])N=Nc1ccccc1[N+](=O)[O-]. The molecule has 0 fully saturated rings. The van der Waals surface area contributed by atoms with Crippen LogP contribution in [0.2, 0.25) is 0 Å². The molecule has 0 aliphatic carbocycles. The highest BCUT2D eigenvalue weighted by atomic mass is 16.6. The van der Waals surface area contributed by atoms with Gasteiger partial charge in [0, 0.05) is 26.2 Å². The highest BCUT2D eigenvalue weighted by Crippen LogP contribution is 2.27. The van der Waals surface area contributed by atoms with Crippen molar-refractivity contribution in [3.05, 3.63) is 68.8 Å². The van der Waals surface area contributed by atoms with Crippen LogP contribution in [0.5, 0.6) is 0 Å². The number of benzene rings is 2. The summed E-state index contributed by atoms with van der Waals surface area (Å²) in [7, 11) is 3.32. The second kappa shape index (κ2) is 9.66. The van der Waals surface area contributed by atoms with Crippen LogP contribution in [0.1, 0.15) is 0 Å². The molecular formula is C16H18N8O4. The molecule has 0 amide bonds. The van der Waals surface area contributed by atoms with E-state index in [2.05, 4.69) is 20.7 Å². The van der Waals surface area contributed by atoms with E-state index in [0.29, 0.717) is 13.1 Å². The van der Waals surface area contributed by atoms with E-state index in [-0.39, 0.29) is 22.7 Å². The summed E-state index contributed by atoms with van der Waals surface area (Å²) in [4.78, 5) is 20.9. The third kappa shape index (κ3) is 5.79. The van der Waals surface area contributed by atoms with Gasteiger partial charge in [-0.25, -0.2) is 0 Å². The molecule has 0 saturated heterocycles. The topological polar surface area (TPSA) is 142 Å². The van der Waals surface area contributed by atoms with E-state index in [0.717, 1.165) is 0 Å². The number of likely N-dealkylation sites (N-methyl/N-ethyl adjacent to an activating group) is 2. The fraction of sp³-hybridized carbons (Fsp3) is 0.250. The summed E-state index contributed by atoms with van der Waals surface area (Å²) in [5, 5.41) is 40.5. The zero-order chi connectivity index (χ0) is 20.5. The molecule has 2 rings (SSSR count). The molecule has 28 heavy (non-hydrogen) atoms. The van der Waals surface area contributed by atoms with Crippen molar-refractivity contribution in [1.82, 2.24) is 10.0 Å². The van der Waals surface area contributed by atoms with Crippen LogP contribution in [-0.2, 0) is 0 Å². The van der Waals surface area contributed by atoms with Gasteiger partial charge in [-0.05, 0) is 12.1 Å². The molecule has 146 valence electrons. The third-order valence-electron chi connectivity index (χ3n) is 3.51. The van der Waals surface area contributed by atoms with Gasteiger partial charge in [0.25, 0.3) is 11.4 Å². The fourth-order valence-electron chi connectivity index (χ4n) is 2.03. The van der Waals surface area contributed by atoms with Crippen molar-refractivity contribution in [2.24, 2.45) is 20.7 Å². The van der Waals surface area contributed by atoms with Crippen LogP contribution in [0.15, 0.2) is 69.2 Å². The number of hydrogen-bond donors (Lipinski definition) is 0. The first-order valence-corrected chi connectivity index (χ1v) is 8.11. The minimum atomic E-state index is -0.523. The Morgan fingerprint density at radius 3 is 1.46 bits per heavy atom. The van der Waals surface area contributed by atoms with Gasteiger partial charge in [0.1, 0.15) is 0 Å². The maximum absolute atomic E-state index is 11.0. The summed E-state index contributed by atoms with van der Waals surface area (Å²) in [6, 6.07) is 12.1. The summed E-state index contributed by atoms with van der Waals surface area (Å²) in [6.45, 7) is 0.799. The first kappa shape index (κ1) is 20.4. The number of nitrogens with zero attached hydrogens (tertiary/aromatic N) is 8. The van der Waals surface area contributed by atoms with Gasteiger partial charge in [0.2, 0.25) is 0 Å². The number of para-hydroxylation sites is 2. The lowest BCUT2D eigenvalue weighted by Crippen LogP contribution is -2.24. The van der Waals surface area contributed by atoms with E-state index in [9.17, 15) is 20.2 Å². The highest BCUT2D eigenvalue weighted by molar-refractivity contribution is 5.56. The van der Waals surface area contributed by atoms with Crippen LogP contribution in [0.4, 0.5) is 22.7 Å². The first-order valence-electron chi connectivity index (χ1n) is 8.11.